The maximum Gasteiger partial charge on any atom is 0.314 e. The monoisotopic (exact) mass is 306 g/mol. The third-order valence-electron chi connectivity index (χ3n) is 3.62. The van der Waals surface area contributed by atoms with E-state index in [9.17, 15) is 4.79 Å². The second-order valence-electron chi connectivity index (χ2n) is 5.48. The third-order valence-corrected chi connectivity index (χ3v) is 3.62. The van der Waals surface area contributed by atoms with Crippen LogP contribution in [0.25, 0.3) is 0 Å². The van der Waals surface area contributed by atoms with Crippen molar-refractivity contribution < 1.29 is 33.6 Å². The van der Waals surface area contributed by atoms with Gasteiger partial charge in [0, 0.05) is 27.2 Å². The van der Waals surface area contributed by atoms with Crippen LogP contribution in [0.15, 0.2) is 0 Å². The number of cyclic esters (lactones) is 1. The summed E-state index contributed by atoms with van der Waals surface area (Å²) in [4.78, 5) is 12.0. The number of ether oxygens (including phenoxy) is 5. The molecule has 1 heterocycles. The fourth-order valence-corrected chi connectivity index (χ4v) is 2.30. The molecule has 1 aliphatic heterocycles. The Balaban J connectivity index is 2.65. The second kappa shape index (κ2) is 8.65. The molecular weight excluding hydrogens is 280 g/mol. The fourth-order valence-electron chi connectivity index (χ4n) is 2.30. The standard InChI is InChI=1S/C14H26O7/c1-14(2)12(20-9-19-8-7-17-3)11(21-13(14)16)10(18-4)5-6-15/h10-12,15H,5-9H2,1-4H3/t10-,11+,12-/m0/s1. The number of esters is 1. The van der Waals surface area contributed by atoms with Gasteiger partial charge in [-0.15, -0.1) is 0 Å². The van der Waals surface area contributed by atoms with E-state index in [1.54, 1.807) is 21.0 Å². The molecule has 7 nitrogen and oxygen atoms in total. The summed E-state index contributed by atoms with van der Waals surface area (Å²) in [5, 5.41) is 9.08. The lowest BCUT2D eigenvalue weighted by Crippen LogP contribution is -2.43. The van der Waals surface area contributed by atoms with Crippen molar-refractivity contribution in [3.63, 3.8) is 0 Å². The summed E-state index contributed by atoms with van der Waals surface area (Å²) in [6.07, 6.45) is -1.10. The van der Waals surface area contributed by atoms with Crippen molar-refractivity contribution in [3.05, 3.63) is 0 Å². The maximum atomic E-state index is 12.0. The fraction of sp³-hybridized carbons (Fsp3) is 0.929. The summed E-state index contributed by atoms with van der Waals surface area (Å²) >= 11 is 0. The van der Waals surface area contributed by atoms with Crippen LogP contribution in [0.5, 0.6) is 0 Å². The number of aliphatic hydroxyl groups excluding tert-OH is 1. The topological polar surface area (TPSA) is 83.5 Å². The first-order valence-corrected chi connectivity index (χ1v) is 7.02. The van der Waals surface area contributed by atoms with Gasteiger partial charge < -0.3 is 28.8 Å². The SMILES string of the molecule is COCCOCO[C@H]1[C@@H]([C@H](CCO)OC)OC(=O)C1(C)C. The highest BCUT2D eigenvalue weighted by Gasteiger charge is 2.54. The van der Waals surface area contributed by atoms with Crippen LogP contribution in [0, 0.1) is 5.41 Å². The lowest BCUT2D eigenvalue weighted by Gasteiger charge is -2.29. The zero-order chi connectivity index (χ0) is 15.9. The Morgan fingerprint density at radius 3 is 2.62 bits per heavy atom. The van der Waals surface area contributed by atoms with Crippen molar-refractivity contribution in [2.24, 2.45) is 5.41 Å². The molecule has 0 aliphatic carbocycles. The van der Waals surface area contributed by atoms with Gasteiger partial charge >= 0.3 is 5.97 Å². The summed E-state index contributed by atoms with van der Waals surface area (Å²) < 4.78 is 26.6. The molecule has 0 aromatic carbocycles. The van der Waals surface area contributed by atoms with Gasteiger partial charge in [-0.05, 0) is 13.8 Å². The second-order valence-corrected chi connectivity index (χ2v) is 5.48. The molecule has 0 aromatic rings. The van der Waals surface area contributed by atoms with Gasteiger partial charge in [0.1, 0.15) is 12.9 Å². The molecule has 1 N–H and O–H groups in total. The van der Waals surface area contributed by atoms with E-state index in [0.29, 0.717) is 19.6 Å². The third kappa shape index (κ3) is 4.62. The van der Waals surface area contributed by atoms with E-state index in [1.165, 1.54) is 7.11 Å². The first kappa shape index (κ1) is 18.3. The zero-order valence-electron chi connectivity index (χ0n) is 13.2. The quantitative estimate of drug-likeness (QED) is 0.354. The molecule has 1 saturated heterocycles. The average Bonchev–Trinajstić information content (AvgIpc) is 2.67. The Bertz CT molecular complexity index is 318. The van der Waals surface area contributed by atoms with Crippen molar-refractivity contribution in [2.45, 2.75) is 38.6 Å². The number of rotatable bonds is 10. The van der Waals surface area contributed by atoms with E-state index >= 15 is 0 Å². The summed E-state index contributed by atoms with van der Waals surface area (Å²) in [5.74, 6) is -0.339. The molecule has 0 radical (unpaired) electrons. The number of hydrogen-bond donors (Lipinski definition) is 1. The molecule has 124 valence electrons. The van der Waals surface area contributed by atoms with Gasteiger partial charge in [0.15, 0.2) is 6.10 Å². The largest absolute Gasteiger partial charge is 0.456 e. The van der Waals surface area contributed by atoms with Crippen LogP contribution in [0.3, 0.4) is 0 Å². The van der Waals surface area contributed by atoms with E-state index in [4.69, 9.17) is 28.8 Å². The molecule has 1 rings (SSSR count). The molecule has 3 atom stereocenters. The molecular formula is C14H26O7. The predicted octanol–water partition coefficient (Wildman–Crippen LogP) is 0.341. The van der Waals surface area contributed by atoms with Gasteiger partial charge in [-0.2, -0.15) is 0 Å². The van der Waals surface area contributed by atoms with Crippen LogP contribution in [0.1, 0.15) is 20.3 Å². The summed E-state index contributed by atoms with van der Waals surface area (Å²) in [6.45, 7) is 4.40. The Hall–Kier alpha value is -0.730. The lowest BCUT2D eigenvalue weighted by atomic mass is 9.84. The number of carbonyl (C=O) groups is 1. The van der Waals surface area contributed by atoms with Gasteiger partial charge in [-0.25, -0.2) is 0 Å². The van der Waals surface area contributed by atoms with Crippen molar-refractivity contribution in [1.82, 2.24) is 0 Å². The van der Waals surface area contributed by atoms with Crippen LogP contribution >= 0.6 is 0 Å². The van der Waals surface area contributed by atoms with E-state index in [1.807, 2.05) is 0 Å². The smallest absolute Gasteiger partial charge is 0.314 e. The van der Waals surface area contributed by atoms with E-state index in [0.717, 1.165) is 0 Å². The van der Waals surface area contributed by atoms with Crippen LogP contribution in [-0.4, -0.2) is 70.2 Å². The Morgan fingerprint density at radius 2 is 2.05 bits per heavy atom. The molecule has 0 saturated carbocycles. The van der Waals surface area contributed by atoms with Crippen LogP contribution in [-0.2, 0) is 28.5 Å². The molecule has 0 aromatic heterocycles. The average molecular weight is 306 g/mol. The minimum atomic E-state index is -0.790. The first-order valence-electron chi connectivity index (χ1n) is 7.02. The minimum Gasteiger partial charge on any atom is -0.456 e. The van der Waals surface area contributed by atoms with E-state index in [2.05, 4.69) is 0 Å². The first-order chi connectivity index (χ1) is 9.98. The number of aliphatic hydroxyl groups is 1. The van der Waals surface area contributed by atoms with Gasteiger partial charge in [0.05, 0.1) is 24.7 Å². The number of methoxy groups -OCH3 is 2. The Kier molecular flexibility index (Phi) is 7.55. The van der Waals surface area contributed by atoms with Crippen molar-refractivity contribution >= 4 is 5.97 Å². The summed E-state index contributed by atoms with van der Waals surface area (Å²) in [7, 11) is 3.11. The molecule has 0 unspecified atom stereocenters. The molecule has 1 aliphatic rings. The highest BCUT2D eigenvalue weighted by atomic mass is 16.7. The zero-order valence-corrected chi connectivity index (χ0v) is 13.2. The minimum absolute atomic E-state index is 0.0418. The van der Waals surface area contributed by atoms with Gasteiger partial charge in [-0.3, -0.25) is 4.79 Å². The predicted molar refractivity (Wildman–Crippen MR) is 73.7 cm³/mol. The normalized spacial score (nSPS) is 25.9. The van der Waals surface area contributed by atoms with Crippen LogP contribution in [0.4, 0.5) is 0 Å². The van der Waals surface area contributed by atoms with Crippen molar-refractivity contribution in [1.29, 1.82) is 0 Å². The lowest BCUT2D eigenvalue weighted by molar-refractivity contribution is -0.156. The van der Waals surface area contributed by atoms with Crippen LogP contribution < -0.4 is 0 Å². The van der Waals surface area contributed by atoms with Crippen molar-refractivity contribution in [2.75, 3.05) is 40.8 Å². The highest BCUT2D eigenvalue weighted by molar-refractivity contribution is 5.79. The van der Waals surface area contributed by atoms with Gasteiger partial charge in [0.25, 0.3) is 0 Å². The Morgan fingerprint density at radius 1 is 1.33 bits per heavy atom. The molecule has 7 heteroatoms. The molecule has 0 amide bonds. The van der Waals surface area contributed by atoms with E-state index < -0.39 is 23.7 Å². The maximum absolute atomic E-state index is 12.0. The summed E-state index contributed by atoms with van der Waals surface area (Å²) in [6, 6.07) is 0. The number of hydrogen-bond acceptors (Lipinski definition) is 7. The summed E-state index contributed by atoms with van der Waals surface area (Å²) in [5.41, 5.74) is -0.790. The molecule has 1 fully saturated rings. The molecule has 21 heavy (non-hydrogen) atoms. The van der Waals surface area contributed by atoms with Gasteiger partial charge in [-0.1, -0.05) is 0 Å². The van der Waals surface area contributed by atoms with Crippen LogP contribution in [0.2, 0.25) is 0 Å². The number of carbonyl (C=O) groups excluding carboxylic acids is 1. The molecule has 0 bridgehead atoms. The van der Waals surface area contributed by atoms with E-state index in [-0.39, 0.29) is 19.4 Å². The van der Waals surface area contributed by atoms with Gasteiger partial charge in [0.2, 0.25) is 0 Å². The molecule has 0 spiro atoms. The highest BCUT2D eigenvalue weighted by Crippen LogP contribution is 2.38. The van der Waals surface area contributed by atoms with Crippen molar-refractivity contribution in [3.8, 4) is 0 Å². The Labute approximate surface area is 125 Å².